The standard InChI is InChI=1S/C4H6O2.HNO3/c1-3-6-4(2)5;2-1(3)4/h3H,1H2,2H3;(H,2,3,4). The summed E-state index contributed by atoms with van der Waals surface area (Å²) < 4.78 is 4.17. The van der Waals surface area contributed by atoms with Crippen LogP contribution >= 0.6 is 0 Å². The molecule has 10 heavy (non-hydrogen) atoms. The Kier molecular flexibility index (Phi) is 8.33. The molecule has 1 N–H and O–H groups in total. The van der Waals surface area contributed by atoms with E-state index in [1.807, 2.05) is 0 Å². The molecule has 6 heteroatoms. The van der Waals surface area contributed by atoms with Crippen molar-refractivity contribution in [1.82, 2.24) is 0 Å². The molecule has 0 aromatic carbocycles. The van der Waals surface area contributed by atoms with Gasteiger partial charge in [-0.3, -0.25) is 4.79 Å². The Bertz CT molecular complexity index is 128. The predicted octanol–water partition coefficient (Wildman–Crippen LogP) is 0.345. The van der Waals surface area contributed by atoms with Crippen LogP contribution in [-0.2, 0) is 9.53 Å². The molecule has 0 saturated heterocycles. The fourth-order valence-corrected chi connectivity index (χ4v) is 0.117. The van der Waals surface area contributed by atoms with Gasteiger partial charge >= 0.3 is 5.97 Å². The first-order valence-electron chi connectivity index (χ1n) is 2.12. The molecule has 6 nitrogen and oxygen atoms in total. The molecular formula is C4H7NO5. The van der Waals surface area contributed by atoms with Crippen molar-refractivity contribution >= 4 is 5.97 Å². The lowest BCUT2D eigenvalue weighted by Crippen LogP contribution is -1.87. The van der Waals surface area contributed by atoms with Gasteiger partial charge in [0.05, 0.1) is 6.26 Å². The molecule has 0 aliphatic carbocycles. The van der Waals surface area contributed by atoms with Crippen LogP contribution in [0.3, 0.4) is 0 Å². The Morgan fingerprint density at radius 3 is 2.20 bits per heavy atom. The summed E-state index contributed by atoms with van der Waals surface area (Å²) in [6.07, 6.45) is 1.10. The molecule has 0 radical (unpaired) electrons. The topological polar surface area (TPSA) is 89.7 Å². The highest BCUT2D eigenvalue weighted by molar-refractivity contribution is 5.66. The van der Waals surface area contributed by atoms with Crippen LogP contribution in [0.4, 0.5) is 0 Å². The molecule has 0 amide bonds. The number of ether oxygens (including phenoxy) is 1. The molecule has 0 aliphatic rings. The zero-order valence-corrected chi connectivity index (χ0v) is 5.31. The summed E-state index contributed by atoms with van der Waals surface area (Å²) in [5.41, 5.74) is 0. The number of hydrogen-bond donors (Lipinski definition) is 1. The molecule has 0 saturated carbocycles. The molecule has 0 aromatic rings. The highest BCUT2D eigenvalue weighted by atomic mass is 16.9. The number of carbonyl (C=O) groups excluding carboxylic acids is 1. The first-order valence-corrected chi connectivity index (χ1v) is 2.12. The van der Waals surface area contributed by atoms with Crippen molar-refractivity contribution in [2.45, 2.75) is 6.92 Å². The van der Waals surface area contributed by atoms with Gasteiger partial charge in [-0.2, -0.15) is 0 Å². The maximum absolute atomic E-state index is 9.75. The number of rotatable bonds is 1. The van der Waals surface area contributed by atoms with E-state index in [1.54, 1.807) is 0 Å². The van der Waals surface area contributed by atoms with Crippen molar-refractivity contribution in [2.75, 3.05) is 0 Å². The summed E-state index contributed by atoms with van der Waals surface area (Å²) in [5, 5.41) is 13.6. The van der Waals surface area contributed by atoms with Crippen LogP contribution in [-0.4, -0.2) is 16.3 Å². The monoisotopic (exact) mass is 149 g/mol. The van der Waals surface area contributed by atoms with Crippen LogP contribution in [0.2, 0.25) is 0 Å². The van der Waals surface area contributed by atoms with Crippen LogP contribution in [0.1, 0.15) is 6.92 Å². The molecule has 0 fully saturated rings. The summed E-state index contributed by atoms with van der Waals surface area (Å²) in [5.74, 6) is -0.329. The molecule has 0 atom stereocenters. The van der Waals surface area contributed by atoms with E-state index >= 15 is 0 Å². The third-order valence-corrected chi connectivity index (χ3v) is 0.249. The Morgan fingerprint density at radius 2 is 2.20 bits per heavy atom. The highest BCUT2D eigenvalue weighted by Crippen LogP contribution is 1.70. The van der Waals surface area contributed by atoms with Gasteiger partial charge in [-0.25, -0.2) is 0 Å². The fraction of sp³-hybridized carbons (Fsp3) is 0.250. The normalized spacial score (nSPS) is 6.50. The second-order valence-electron chi connectivity index (χ2n) is 1.01. The first-order chi connectivity index (χ1) is 4.50. The predicted molar refractivity (Wildman–Crippen MR) is 30.7 cm³/mol. The maximum atomic E-state index is 9.75. The van der Waals surface area contributed by atoms with Crippen LogP contribution in [0.15, 0.2) is 12.8 Å². The van der Waals surface area contributed by atoms with E-state index < -0.39 is 5.09 Å². The van der Waals surface area contributed by atoms with Crippen LogP contribution in [0, 0.1) is 10.1 Å². The van der Waals surface area contributed by atoms with Gasteiger partial charge in [0.2, 0.25) is 0 Å². The smallest absolute Gasteiger partial charge is 0.307 e. The van der Waals surface area contributed by atoms with E-state index in [9.17, 15) is 4.79 Å². The van der Waals surface area contributed by atoms with E-state index in [4.69, 9.17) is 15.3 Å². The largest absolute Gasteiger partial charge is 0.435 e. The molecule has 0 aromatic heterocycles. The molecule has 0 aliphatic heterocycles. The van der Waals surface area contributed by atoms with Crippen molar-refractivity contribution in [3.63, 3.8) is 0 Å². The third kappa shape index (κ3) is 94.4. The van der Waals surface area contributed by atoms with Crippen LogP contribution in [0.25, 0.3) is 0 Å². The summed E-state index contributed by atoms with van der Waals surface area (Å²) in [6, 6.07) is 0. The fourth-order valence-electron chi connectivity index (χ4n) is 0.117. The number of nitrogens with zero attached hydrogens (tertiary/aromatic N) is 1. The minimum Gasteiger partial charge on any atom is -0.435 e. The SMILES string of the molecule is C=COC(C)=O.O=[N+]([O-])O. The minimum absolute atomic E-state index is 0.329. The van der Waals surface area contributed by atoms with Gasteiger partial charge < -0.3 is 9.94 Å². The molecule has 0 spiro atoms. The lowest BCUT2D eigenvalue weighted by Gasteiger charge is -1.83. The summed E-state index contributed by atoms with van der Waals surface area (Å²) >= 11 is 0. The lowest BCUT2D eigenvalue weighted by molar-refractivity contribution is -0.742. The zero-order chi connectivity index (χ0) is 8.57. The molecule has 58 valence electrons. The van der Waals surface area contributed by atoms with Gasteiger partial charge in [0.15, 0.2) is 0 Å². The molecule has 0 bridgehead atoms. The van der Waals surface area contributed by atoms with Crippen molar-refractivity contribution < 1.29 is 19.8 Å². The molecular weight excluding hydrogens is 142 g/mol. The average Bonchev–Trinajstić information content (AvgIpc) is 1.62. The number of esters is 1. The number of carbonyl (C=O) groups is 1. The highest BCUT2D eigenvalue weighted by Gasteiger charge is 1.79. The van der Waals surface area contributed by atoms with Gasteiger partial charge in [-0.1, -0.05) is 6.58 Å². The Labute approximate surface area is 56.8 Å². The minimum atomic E-state index is -1.50. The van der Waals surface area contributed by atoms with Crippen molar-refractivity contribution in [3.8, 4) is 0 Å². The summed E-state index contributed by atoms with van der Waals surface area (Å²) in [6.45, 7) is 4.48. The molecule has 0 rings (SSSR count). The molecule has 0 unspecified atom stereocenters. The van der Waals surface area contributed by atoms with Gasteiger partial charge in [0, 0.05) is 6.92 Å². The second kappa shape index (κ2) is 7.41. The van der Waals surface area contributed by atoms with Gasteiger partial charge in [0.25, 0.3) is 5.09 Å². The first kappa shape index (κ1) is 11.2. The van der Waals surface area contributed by atoms with Crippen LogP contribution < -0.4 is 0 Å². The van der Waals surface area contributed by atoms with E-state index in [0.29, 0.717) is 0 Å². The summed E-state index contributed by atoms with van der Waals surface area (Å²) in [4.78, 5) is 18.1. The Balaban J connectivity index is 0. The van der Waals surface area contributed by atoms with Gasteiger partial charge in [-0.15, -0.1) is 10.1 Å². The maximum Gasteiger partial charge on any atom is 0.307 e. The van der Waals surface area contributed by atoms with Gasteiger partial charge in [-0.05, 0) is 0 Å². The lowest BCUT2D eigenvalue weighted by atomic mass is 10.8. The number of hydrogen-bond acceptors (Lipinski definition) is 4. The average molecular weight is 149 g/mol. The third-order valence-electron chi connectivity index (χ3n) is 0.249. The Morgan fingerprint density at radius 1 is 1.90 bits per heavy atom. The van der Waals surface area contributed by atoms with E-state index in [-0.39, 0.29) is 5.97 Å². The second-order valence-corrected chi connectivity index (χ2v) is 1.01. The van der Waals surface area contributed by atoms with E-state index in [1.165, 1.54) is 6.92 Å². The van der Waals surface area contributed by atoms with Crippen molar-refractivity contribution in [3.05, 3.63) is 23.0 Å². The van der Waals surface area contributed by atoms with E-state index in [2.05, 4.69) is 11.3 Å². The van der Waals surface area contributed by atoms with Gasteiger partial charge in [0.1, 0.15) is 0 Å². The van der Waals surface area contributed by atoms with E-state index in [0.717, 1.165) is 6.26 Å². The van der Waals surface area contributed by atoms with Crippen LogP contribution in [0.5, 0.6) is 0 Å². The van der Waals surface area contributed by atoms with Crippen molar-refractivity contribution in [2.24, 2.45) is 0 Å². The Hall–Kier alpha value is -1.59. The zero-order valence-electron chi connectivity index (χ0n) is 5.31. The summed E-state index contributed by atoms with van der Waals surface area (Å²) in [7, 11) is 0. The quantitative estimate of drug-likeness (QED) is 0.251. The van der Waals surface area contributed by atoms with Crippen molar-refractivity contribution in [1.29, 1.82) is 0 Å². The molecule has 0 heterocycles.